The predicted octanol–water partition coefficient (Wildman–Crippen LogP) is 1.35. The number of nitrogens with one attached hydrogen (secondary N) is 1. The van der Waals surface area contributed by atoms with Gasteiger partial charge in [0.25, 0.3) is 0 Å². The van der Waals surface area contributed by atoms with Crippen molar-refractivity contribution in [2.24, 2.45) is 0 Å². The van der Waals surface area contributed by atoms with E-state index in [9.17, 15) is 9.59 Å². The molecule has 0 radical (unpaired) electrons. The highest BCUT2D eigenvalue weighted by Crippen LogP contribution is 2.09. The fraction of sp³-hybridized carbons (Fsp3) is 0.200. The maximum atomic E-state index is 11.1. The average Bonchev–Trinajstić information content (AvgIpc) is 2.66. The van der Waals surface area contributed by atoms with Gasteiger partial charge < -0.3 is 10.4 Å². The molecule has 1 aromatic rings. The normalized spacial score (nSPS) is 10.4. The van der Waals surface area contributed by atoms with E-state index in [2.05, 4.69) is 5.32 Å². The number of carboxylic acid groups (broad SMARTS) is 1. The molecular formula is C10H11NO3S. The smallest absolute Gasteiger partial charge is 0.305 e. The molecule has 15 heavy (non-hydrogen) atoms. The van der Waals surface area contributed by atoms with Crippen LogP contribution in [0.4, 0.5) is 0 Å². The van der Waals surface area contributed by atoms with Crippen LogP contribution in [-0.4, -0.2) is 23.5 Å². The number of carbonyl (C=O) groups is 2. The lowest BCUT2D eigenvalue weighted by atomic mass is 10.4. The molecule has 0 saturated heterocycles. The van der Waals surface area contributed by atoms with E-state index in [0.29, 0.717) is 0 Å². The molecule has 0 aliphatic heterocycles. The monoisotopic (exact) mass is 225 g/mol. The fourth-order valence-electron chi connectivity index (χ4n) is 0.895. The van der Waals surface area contributed by atoms with Crippen LogP contribution in [-0.2, 0) is 9.59 Å². The number of thiophene rings is 1. The number of carboxylic acids is 1. The molecule has 4 nitrogen and oxygen atoms in total. The molecule has 0 atom stereocenters. The van der Waals surface area contributed by atoms with Gasteiger partial charge in [0.2, 0.25) is 5.91 Å². The Balaban J connectivity index is 2.27. The molecule has 1 heterocycles. The van der Waals surface area contributed by atoms with Crippen molar-refractivity contribution in [1.82, 2.24) is 5.32 Å². The quantitative estimate of drug-likeness (QED) is 0.743. The first kappa shape index (κ1) is 11.5. The van der Waals surface area contributed by atoms with Gasteiger partial charge in [0.15, 0.2) is 0 Å². The highest BCUT2D eigenvalue weighted by atomic mass is 32.1. The molecule has 1 rings (SSSR count). The Morgan fingerprint density at radius 2 is 2.33 bits per heavy atom. The number of aliphatic carboxylic acids is 1. The van der Waals surface area contributed by atoms with Crippen LogP contribution in [0, 0.1) is 0 Å². The largest absolute Gasteiger partial charge is 0.481 e. The van der Waals surface area contributed by atoms with E-state index in [-0.39, 0.29) is 18.9 Å². The summed E-state index contributed by atoms with van der Waals surface area (Å²) in [6.45, 7) is 0.156. The number of amides is 1. The minimum atomic E-state index is -0.919. The van der Waals surface area contributed by atoms with Gasteiger partial charge >= 0.3 is 5.97 Å². The fourth-order valence-corrected chi connectivity index (χ4v) is 1.51. The number of hydrogen-bond donors (Lipinski definition) is 2. The lowest BCUT2D eigenvalue weighted by Gasteiger charge is -1.97. The molecule has 1 aromatic heterocycles. The van der Waals surface area contributed by atoms with Gasteiger partial charge in [-0.3, -0.25) is 9.59 Å². The van der Waals surface area contributed by atoms with Crippen molar-refractivity contribution in [2.45, 2.75) is 6.42 Å². The topological polar surface area (TPSA) is 66.4 Å². The molecule has 0 fully saturated rings. The Labute approximate surface area is 91.2 Å². The van der Waals surface area contributed by atoms with Crippen molar-refractivity contribution >= 4 is 29.3 Å². The highest BCUT2D eigenvalue weighted by Gasteiger charge is 1.98. The summed E-state index contributed by atoms with van der Waals surface area (Å²) in [5, 5.41) is 12.7. The third kappa shape index (κ3) is 4.97. The van der Waals surface area contributed by atoms with E-state index in [1.165, 1.54) is 17.4 Å². The van der Waals surface area contributed by atoms with Crippen LogP contribution in [0.3, 0.4) is 0 Å². The molecule has 0 aromatic carbocycles. The third-order valence-electron chi connectivity index (χ3n) is 1.58. The van der Waals surface area contributed by atoms with E-state index in [4.69, 9.17) is 5.11 Å². The Morgan fingerprint density at radius 3 is 2.93 bits per heavy atom. The second-order valence-electron chi connectivity index (χ2n) is 2.78. The minimum absolute atomic E-state index is 0.0570. The molecule has 80 valence electrons. The van der Waals surface area contributed by atoms with E-state index < -0.39 is 5.97 Å². The Bertz CT molecular complexity index is 357. The second kappa shape index (κ2) is 5.98. The molecule has 0 bridgehead atoms. The van der Waals surface area contributed by atoms with Crippen molar-refractivity contribution < 1.29 is 14.7 Å². The summed E-state index contributed by atoms with van der Waals surface area (Å²) in [4.78, 5) is 22.3. The van der Waals surface area contributed by atoms with Crippen molar-refractivity contribution in [3.8, 4) is 0 Å². The minimum Gasteiger partial charge on any atom is -0.481 e. The van der Waals surface area contributed by atoms with Crippen LogP contribution < -0.4 is 5.32 Å². The van der Waals surface area contributed by atoms with Gasteiger partial charge in [0, 0.05) is 17.5 Å². The first-order valence-electron chi connectivity index (χ1n) is 4.39. The summed E-state index contributed by atoms with van der Waals surface area (Å²) >= 11 is 1.53. The molecular weight excluding hydrogens is 214 g/mol. The van der Waals surface area contributed by atoms with Gasteiger partial charge in [-0.25, -0.2) is 0 Å². The zero-order valence-electron chi connectivity index (χ0n) is 7.97. The molecule has 0 spiro atoms. The van der Waals surface area contributed by atoms with Gasteiger partial charge in [-0.2, -0.15) is 0 Å². The standard InChI is InChI=1S/C10H11NO3S/c12-9(11-6-5-10(13)14)4-3-8-2-1-7-15-8/h1-4,7H,5-6H2,(H,11,12)(H,13,14)/b4-3+. The van der Waals surface area contributed by atoms with E-state index in [0.717, 1.165) is 4.88 Å². The van der Waals surface area contributed by atoms with Crippen LogP contribution in [0.2, 0.25) is 0 Å². The molecule has 0 aliphatic rings. The van der Waals surface area contributed by atoms with Crippen molar-refractivity contribution in [2.75, 3.05) is 6.54 Å². The SMILES string of the molecule is O=C(O)CCNC(=O)/C=C/c1cccs1. The van der Waals surface area contributed by atoms with Gasteiger partial charge in [-0.1, -0.05) is 6.07 Å². The summed E-state index contributed by atoms with van der Waals surface area (Å²) in [6, 6.07) is 3.79. The van der Waals surface area contributed by atoms with Crippen LogP contribution in [0.5, 0.6) is 0 Å². The average molecular weight is 225 g/mol. The molecule has 5 heteroatoms. The highest BCUT2D eigenvalue weighted by molar-refractivity contribution is 7.10. The van der Waals surface area contributed by atoms with Gasteiger partial charge in [0.1, 0.15) is 0 Å². The van der Waals surface area contributed by atoms with Crippen molar-refractivity contribution in [3.63, 3.8) is 0 Å². The first-order valence-corrected chi connectivity index (χ1v) is 5.27. The van der Waals surface area contributed by atoms with Crippen molar-refractivity contribution in [3.05, 3.63) is 28.5 Å². The first-order chi connectivity index (χ1) is 7.18. The summed E-state index contributed by atoms with van der Waals surface area (Å²) < 4.78 is 0. The Hall–Kier alpha value is -1.62. The summed E-state index contributed by atoms with van der Waals surface area (Å²) in [7, 11) is 0. The number of hydrogen-bond acceptors (Lipinski definition) is 3. The zero-order chi connectivity index (χ0) is 11.1. The molecule has 0 aliphatic carbocycles. The maximum Gasteiger partial charge on any atom is 0.305 e. The molecule has 0 saturated carbocycles. The van der Waals surface area contributed by atoms with Crippen molar-refractivity contribution in [1.29, 1.82) is 0 Å². The third-order valence-corrected chi connectivity index (χ3v) is 2.42. The van der Waals surface area contributed by atoms with Crippen LogP contribution in [0.15, 0.2) is 23.6 Å². The van der Waals surface area contributed by atoms with Gasteiger partial charge in [-0.15, -0.1) is 11.3 Å². The zero-order valence-corrected chi connectivity index (χ0v) is 8.79. The molecule has 2 N–H and O–H groups in total. The number of carbonyl (C=O) groups excluding carboxylic acids is 1. The van der Waals surface area contributed by atoms with Crippen LogP contribution in [0.1, 0.15) is 11.3 Å². The molecule has 0 unspecified atom stereocenters. The Morgan fingerprint density at radius 1 is 1.53 bits per heavy atom. The van der Waals surface area contributed by atoms with E-state index in [1.807, 2.05) is 17.5 Å². The lowest BCUT2D eigenvalue weighted by molar-refractivity contribution is -0.136. The summed E-state index contributed by atoms with van der Waals surface area (Å²) in [5.41, 5.74) is 0. The van der Waals surface area contributed by atoms with Gasteiger partial charge in [0.05, 0.1) is 6.42 Å². The van der Waals surface area contributed by atoms with Crippen LogP contribution >= 0.6 is 11.3 Å². The summed E-state index contributed by atoms with van der Waals surface area (Å²) in [6.07, 6.45) is 3.03. The van der Waals surface area contributed by atoms with E-state index in [1.54, 1.807) is 6.08 Å². The Kier molecular flexibility index (Phi) is 4.56. The van der Waals surface area contributed by atoms with E-state index >= 15 is 0 Å². The maximum absolute atomic E-state index is 11.1. The second-order valence-corrected chi connectivity index (χ2v) is 3.76. The molecule has 1 amide bonds. The summed E-state index contributed by atoms with van der Waals surface area (Å²) in [5.74, 6) is -1.19. The predicted molar refractivity (Wildman–Crippen MR) is 58.6 cm³/mol. The number of rotatable bonds is 5. The van der Waals surface area contributed by atoms with Crippen LogP contribution in [0.25, 0.3) is 6.08 Å². The lowest BCUT2D eigenvalue weighted by Crippen LogP contribution is -2.23. The van der Waals surface area contributed by atoms with Gasteiger partial charge in [-0.05, 0) is 17.5 Å².